The van der Waals surface area contributed by atoms with Crippen molar-refractivity contribution in [2.24, 2.45) is 11.8 Å². The average Bonchev–Trinajstić information content (AvgIpc) is 3.05. The molecule has 0 spiro atoms. The van der Waals surface area contributed by atoms with E-state index < -0.39 is 10.0 Å². The fraction of sp³-hybridized carbons (Fsp3) is 0.458. The van der Waals surface area contributed by atoms with Crippen LogP contribution in [0.15, 0.2) is 53.4 Å². The van der Waals surface area contributed by atoms with E-state index in [2.05, 4.69) is 18.6 Å². The Kier molecular flexibility index (Phi) is 5.62. The molecule has 4 rings (SSSR count). The highest BCUT2D eigenvalue weighted by atomic mass is 32.2. The van der Waals surface area contributed by atoms with Crippen molar-refractivity contribution >= 4 is 21.6 Å². The topological polar surface area (TPSA) is 66.5 Å². The van der Waals surface area contributed by atoms with Crippen LogP contribution in [0.3, 0.4) is 0 Å². The van der Waals surface area contributed by atoms with Gasteiger partial charge < -0.3 is 4.90 Å². The van der Waals surface area contributed by atoms with Gasteiger partial charge in [0.15, 0.2) is 0 Å². The fourth-order valence-electron chi connectivity index (χ4n) is 4.76. The van der Waals surface area contributed by atoms with E-state index in [1.54, 1.807) is 12.1 Å². The maximum Gasteiger partial charge on any atom is 0.261 e. The van der Waals surface area contributed by atoms with Crippen LogP contribution in [0.4, 0.5) is 5.69 Å². The van der Waals surface area contributed by atoms with Crippen LogP contribution in [0.25, 0.3) is 0 Å². The van der Waals surface area contributed by atoms with Crippen LogP contribution in [0.1, 0.15) is 56.6 Å². The van der Waals surface area contributed by atoms with Crippen LogP contribution in [0, 0.1) is 11.8 Å². The highest BCUT2D eigenvalue weighted by Crippen LogP contribution is 2.51. The molecule has 0 radical (unpaired) electrons. The molecule has 1 amide bonds. The molecular weight excluding hydrogens is 396 g/mol. The van der Waals surface area contributed by atoms with Crippen LogP contribution >= 0.6 is 0 Å². The predicted molar refractivity (Wildman–Crippen MR) is 119 cm³/mol. The van der Waals surface area contributed by atoms with Gasteiger partial charge in [-0.15, -0.1) is 0 Å². The standard InChI is InChI=1S/C24H30N2O3S/c1-4-24(27)26-14-19-13-22(23(19)15-26)18-5-9-20(10-6-18)25-30(28,29)21-11-7-17(8-12-21)16(2)3/h5-12,16,19,22-23,25H,4,13-15H2,1-3H3. The predicted octanol–water partition coefficient (Wildman–Crippen LogP) is 4.58. The molecule has 6 heteroatoms. The SMILES string of the molecule is CCC(=O)N1CC2CC(c3ccc(NS(=O)(=O)c4ccc(C(C)C)cc4)cc3)C2C1. The van der Waals surface area contributed by atoms with Crippen molar-refractivity contribution in [3.05, 3.63) is 59.7 Å². The quantitative estimate of drug-likeness (QED) is 0.735. The first kappa shape index (κ1) is 20.9. The van der Waals surface area contributed by atoms with Crippen molar-refractivity contribution in [1.82, 2.24) is 4.90 Å². The van der Waals surface area contributed by atoms with Crippen LogP contribution < -0.4 is 4.72 Å². The zero-order chi connectivity index (χ0) is 21.5. The molecule has 2 fully saturated rings. The van der Waals surface area contributed by atoms with Gasteiger partial charge in [0.25, 0.3) is 10.0 Å². The van der Waals surface area contributed by atoms with E-state index >= 15 is 0 Å². The van der Waals surface area contributed by atoms with Crippen molar-refractivity contribution in [2.45, 2.75) is 50.3 Å². The summed E-state index contributed by atoms with van der Waals surface area (Å²) in [4.78, 5) is 14.3. The molecule has 160 valence electrons. The number of nitrogens with zero attached hydrogens (tertiary/aromatic N) is 1. The largest absolute Gasteiger partial charge is 0.342 e. The zero-order valence-electron chi connectivity index (χ0n) is 17.8. The fourth-order valence-corrected chi connectivity index (χ4v) is 5.82. The molecule has 1 aliphatic heterocycles. The Hall–Kier alpha value is -2.34. The number of fused-ring (bicyclic) bond motifs is 1. The van der Waals surface area contributed by atoms with Crippen molar-refractivity contribution in [1.29, 1.82) is 0 Å². The molecule has 3 atom stereocenters. The number of carbonyl (C=O) groups is 1. The number of anilines is 1. The molecule has 1 heterocycles. The summed E-state index contributed by atoms with van der Waals surface area (Å²) < 4.78 is 28.1. The van der Waals surface area contributed by atoms with Gasteiger partial charge in [-0.3, -0.25) is 9.52 Å². The van der Waals surface area contributed by atoms with Crippen LogP contribution in [-0.4, -0.2) is 32.3 Å². The Morgan fingerprint density at radius 2 is 1.73 bits per heavy atom. The second-order valence-electron chi connectivity index (χ2n) is 8.87. The van der Waals surface area contributed by atoms with Crippen molar-refractivity contribution in [3.8, 4) is 0 Å². The average molecular weight is 427 g/mol. The number of amides is 1. The molecule has 1 saturated heterocycles. The van der Waals surface area contributed by atoms with Gasteiger partial charge in [0.1, 0.15) is 0 Å². The molecule has 2 aliphatic rings. The molecule has 2 aromatic rings. The molecule has 3 unspecified atom stereocenters. The lowest BCUT2D eigenvalue weighted by Crippen LogP contribution is -2.33. The third-order valence-electron chi connectivity index (χ3n) is 6.67. The third kappa shape index (κ3) is 3.97. The molecule has 0 aromatic heterocycles. The molecule has 1 aliphatic carbocycles. The highest BCUT2D eigenvalue weighted by Gasteiger charge is 2.48. The summed E-state index contributed by atoms with van der Waals surface area (Å²) in [6, 6.07) is 14.8. The number of nitrogens with one attached hydrogen (secondary N) is 1. The van der Waals surface area contributed by atoms with Gasteiger partial charge in [0.2, 0.25) is 5.91 Å². The Morgan fingerprint density at radius 3 is 2.33 bits per heavy atom. The summed E-state index contributed by atoms with van der Waals surface area (Å²) in [6.45, 7) is 7.82. The van der Waals surface area contributed by atoms with Gasteiger partial charge in [-0.25, -0.2) is 8.42 Å². The van der Waals surface area contributed by atoms with E-state index in [0.717, 1.165) is 25.1 Å². The summed E-state index contributed by atoms with van der Waals surface area (Å²) >= 11 is 0. The number of rotatable bonds is 6. The van der Waals surface area contributed by atoms with Crippen molar-refractivity contribution < 1.29 is 13.2 Å². The second-order valence-corrected chi connectivity index (χ2v) is 10.6. The van der Waals surface area contributed by atoms with Gasteiger partial charge in [0, 0.05) is 25.2 Å². The minimum absolute atomic E-state index is 0.245. The van der Waals surface area contributed by atoms with Crippen LogP contribution in [-0.2, 0) is 14.8 Å². The van der Waals surface area contributed by atoms with E-state index in [1.165, 1.54) is 5.56 Å². The molecule has 0 bridgehead atoms. The van der Waals surface area contributed by atoms with Gasteiger partial charge in [-0.2, -0.15) is 0 Å². The van der Waals surface area contributed by atoms with E-state index in [-0.39, 0.29) is 10.8 Å². The number of hydrogen-bond donors (Lipinski definition) is 1. The van der Waals surface area contributed by atoms with Crippen LogP contribution in [0.2, 0.25) is 0 Å². The summed E-state index contributed by atoms with van der Waals surface area (Å²) in [5, 5.41) is 0. The lowest BCUT2D eigenvalue weighted by atomic mass is 9.64. The van der Waals surface area contributed by atoms with Gasteiger partial charge in [-0.1, -0.05) is 45.0 Å². The first-order chi connectivity index (χ1) is 14.3. The van der Waals surface area contributed by atoms with Gasteiger partial charge in [0.05, 0.1) is 4.90 Å². The number of carbonyl (C=O) groups excluding carboxylic acids is 1. The summed E-state index contributed by atoms with van der Waals surface area (Å²) in [5.41, 5.74) is 2.91. The maximum absolute atomic E-state index is 12.7. The third-order valence-corrected chi connectivity index (χ3v) is 8.07. The van der Waals surface area contributed by atoms with E-state index in [0.29, 0.717) is 35.8 Å². The lowest BCUT2D eigenvalue weighted by Gasteiger charge is -2.39. The number of hydrogen-bond acceptors (Lipinski definition) is 3. The molecule has 5 nitrogen and oxygen atoms in total. The first-order valence-electron chi connectivity index (χ1n) is 10.8. The molecule has 2 aromatic carbocycles. The normalized spacial score (nSPS) is 23.2. The molecule has 1 N–H and O–H groups in total. The number of likely N-dealkylation sites (tertiary alicyclic amines) is 1. The summed E-state index contributed by atoms with van der Waals surface area (Å²) in [7, 11) is -3.61. The first-order valence-corrected chi connectivity index (χ1v) is 12.3. The second kappa shape index (κ2) is 8.06. The lowest BCUT2D eigenvalue weighted by molar-refractivity contribution is -0.129. The highest BCUT2D eigenvalue weighted by molar-refractivity contribution is 7.92. The summed E-state index contributed by atoms with van der Waals surface area (Å²) in [5.74, 6) is 2.20. The zero-order valence-corrected chi connectivity index (χ0v) is 18.7. The summed E-state index contributed by atoms with van der Waals surface area (Å²) in [6.07, 6.45) is 1.67. The smallest absolute Gasteiger partial charge is 0.261 e. The van der Waals surface area contributed by atoms with Crippen LogP contribution in [0.5, 0.6) is 0 Å². The Balaban J connectivity index is 1.41. The van der Waals surface area contributed by atoms with Gasteiger partial charge in [-0.05, 0) is 65.5 Å². The number of benzene rings is 2. The molecule has 30 heavy (non-hydrogen) atoms. The number of sulfonamides is 1. The van der Waals surface area contributed by atoms with Crippen molar-refractivity contribution in [3.63, 3.8) is 0 Å². The minimum Gasteiger partial charge on any atom is -0.342 e. The molecule has 1 saturated carbocycles. The minimum atomic E-state index is -3.61. The van der Waals surface area contributed by atoms with Gasteiger partial charge >= 0.3 is 0 Å². The van der Waals surface area contributed by atoms with Crippen molar-refractivity contribution in [2.75, 3.05) is 17.8 Å². The maximum atomic E-state index is 12.7. The monoisotopic (exact) mass is 426 g/mol. The Bertz CT molecular complexity index is 1010. The Morgan fingerprint density at radius 1 is 1.07 bits per heavy atom. The molecular formula is C24H30N2O3S. The van der Waals surface area contributed by atoms with E-state index in [4.69, 9.17) is 0 Å². The Labute approximate surface area is 179 Å². The van der Waals surface area contributed by atoms with E-state index in [1.807, 2.05) is 48.2 Å². The van der Waals surface area contributed by atoms with E-state index in [9.17, 15) is 13.2 Å².